The summed E-state index contributed by atoms with van der Waals surface area (Å²) in [7, 11) is 3.73. The molecule has 0 radical (unpaired) electrons. The first-order valence-electron chi connectivity index (χ1n) is 13.7. The van der Waals surface area contributed by atoms with E-state index in [9.17, 15) is 9.59 Å². The smallest absolute Gasteiger partial charge is 0.253 e. The molecule has 2 amide bonds. The summed E-state index contributed by atoms with van der Waals surface area (Å²) >= 11 is 12.6. The maximum absolute atomic E-state index is 13.1. The number of nitrogens with zero attached hydrogens (tertiary/aromatic N) is 3. The summed E-state index contributed by atoms with van der Waals surface area (Å²) in [5.41, 5.74) is 2.52. The fourth-order valence-electron chi connectivity index (χ4n) is 5.74. The summed E-state index contributed by atoms with van der Waals surface area (Å²) in [6.07, 6.45) is 3.91. The molecule has 3 aromatic carbocycles. The molecule has 0 spiro atoms. The first-order valence-corrected chi connectivity index (χ1v) is 14.4. The quantitative estimate of drug-likeness (QED) is 0.225. The molecule has 3 aromatic rings. The maximum Gasteiger partial charge on any atom is 0.253 e. The molecule has 0 N–H and O–H groups in total. The lowest BCUT2D eigenvalue weighted by atomic mass is 9.79. The van der Waals surface area contributed by atoms with Gasteiger partial charge in [0.1, 0.15) is 0 Å². The maximum atomic E-state index is 13.1. The predicted molar refractivity (Wildman–Crippen MR) is 171 cm³/mol. The highest BCUT2D eigenvalue weighted by atomic mass is 35.5. The third-order valence-corrected chi connectivity index (χ3v) is 8.95. The second-order valence-corrected chi connectivity index (χ2v) is 11.4. The van der Waals surface area contributed by atoms with Gasteiger partial charge in [0, 0.05) is 45.2 Å². The van der Waals surface area contributed by atoms with Crippen LogP contribution in [0.2, 0.25) is 10.0 Å². The van der Waals surface area contributed by atoms with E-state index in [1.54, 1.807) is 4.90 Å². The molecule has 41 heavy (non-hydrogen) atoms. The highest BCUT2D eigenvalue weighted by Gasteiger charge is 2.41. The van der Waals surface area contributed by atoms with Gasteiger partial charge in [-0.25, -0.2) is 0 Å². The molecular weight excluding hydrogens is 577 g/mol. The molecule has 0 bridgehead atoms. The molecule has 0 aliphatic carbocycles. The summed E-state index contributed by atoms with van der Waals surface area (Å²) in [6, 6.07) is 25.4. The van der Waals surface area contributed by atoms with E-state index < -0.39 is 0 Å². The number of hydrogen-bond donors (Lipinski definition) is 0. The summed E-state index contributed by atoms with van der Waals surface area (Å²) in [5, 5.41) is 1.03. The Hall–Kier alpha value is -2.83. The van der Waals surface area contributed by atoms with E-state index in [-0.39, 0.29) is 35.7 Å². The molecule has 0 saturated carbocycles. The average molecular weight is 615 g/mol. The molecule has 218 valence electrons. The number of halogens is 3. The van der Waals surface area contributed by atoms with Crippen molar-refractivity contribution in [1.29, 1.82) is 0 Å². The first kappa shape index (κ1) is 32.7. The lowest BCUT2D eigenvalue weighted by molar-refractivity contribution is -0.133. The Morgan fingerprint density at radius 1 is 0.951 bits per heavy atom. The van der Waals surface area contributed by atoms with Crippen molar-refractivity contribution in [3.8, 4) is 0 Å². The normalized spacial score (nSPS) is 15.3. The van der Waals surface area contributed by atoms with Crippen LogP contribution in [0.1, 0.15) is 46.7 Å². The minimum Gasteiger partial charge on any atom is -0.341 e. The number of carbonyl (C=O) groups excluding carboxylic acids is 2. The largest absolute Gasteiger partial charge is 0.341 e. The summed E-state index contributed by atoms with van der Waals surface area (Å²) in [4.78, 5) is 31.9. The van der Waals surface area contributed by atoms with E-state index in [2.05, 4.69) is 23.6 Å². The standard InChI is InChI=1S/C33H37Cl2N3O2.ClH/c1-4-31(39)37(3)33(28-13-9-6-10-14-28)18-21-38(22-19-33)20-17-27(26-15-16-29(34)30(35)23-26)24-36(2)32(40)25-11-7-5-8-12-25;/h4-16,23,27H,1,17-22,24H2,2-3H3;1H. The van der Waals surface area contributed by atoms with Crippen molar-refractivity contribution in [3.05, 3.63) is 118 Å². The Morgan fingerprint density at radius 2 is 1.56 bits per heavy atom. The molecular formula is C33H38Cl3N3O2. The first-order chi connectivity index (χ1) is 19.2. The van der Waals surface area contributed by atoms with Gasteiger partial charge >= 0.3 is 0 Å². The average Bonchev–Trinajstić information content (AvgIpc) is 3.00. The van der Waals surface area contributed by atoms with Crippen molar-refractivity contribution in [2.75, 3.05) is 40.3 Å². The Bertz CT molecular complexity index is 1310. The van der Waals surface area contributed by atoms with Crippen molar-refractivity contribution in [1.82, 2.24) is 14.7 Å². The molecule has 0 aromatic heterocycles. The van der Waals surface area contributed by atoms with Crippen LogP contribution in [0.25, 0.3) is 0 Å². The van der Waals surface area contributed by atoms with Gasteiger partial charge in [0.15, 0.2) is 0 Å². The fraction of sp³-hybridized carbons (Fsp3) is 0.333. The van der Waals surface area contributed by atoms with Gasteiger partial charge in [-0.2, -0.15) is 0 Å². The van der Waals surface area contributed by atoms with Gasteiger partial charge in [0.05, 0.1) is 15.6 Å². The van der Waals surface area contributed by atoms with Gasteiger partial charge in [0.2, 0.25) is 5.91 Å². The number of likely N-dealkylation sites (N-methyl/N-ethyl adjacent to an activating group) is 2. The third-order valence-electron chi connectivity index (χ3n) is 8.21. The molecule has 1 heterocycles. The van der Waals surface area contributed by atoms with Crippen molar-refractivity contribution < 1.29 is 9.59 Å². The van der Waals surface area contributed by atoms with E-state index in [4.69, 9.17) is 23.2 Å². The number of rotatable bonds is 10. The molecule has 1 atom stereocenters. The molecule has 8 heteroatoms. The van der Waals surface area contributed by atoms with Crippen molar-refractivity contribution in [3.63, 3.8) is 0 Å². The van der Waals surface area contributed by atoms with Crippen LogP contribution in [0.4, 0.5) is 0 Å². The van der Waals surface area contributed by atoms with E-state index >= 15 is 0 Å². The zero-order chi connectivity index (χ0) is 28.7. The minimum absolute atomic E-state index is 0. The van der Waals surface area contributed by atoms with Gasteiger partial charge in [-0.3, -0.25) is 9.59 Å². The number of piperidine rings is 1. The van der Waals surface area contributed by atoms with Crippen LogP contribution in [0.5, 0.6) is 0 Å². The van der Waals surface area contributed by atoms with Gasteiger partial charge in [-0.15, -0.1) is 12.4 Å². The number of amides is 2. The highest BCUT2D eigenvalue weighted by molar-refractivity contribution is 6.42. The van der Waals surface area contributed by atoms with E-state index in [0.29, 0.717) is 22.2 Å². The Kier molecular flexibility index (Phi) is 11.9. The molecule has 4 rings (SSSR count). The van der Waals surface area contributed by atoms with E-state index in [1.165, 1.54) is 6.08 Å². The zero-order valence-electron chi connectivity index (χ0n) is 23.6. The molecule has 1 saturated heterocycles. The number of benzene rings is 3. The SMILES string of the molecule is C=CC(=O)N(C)C1(c2ccccc2)CCN(CCC(CN(C)C(=O)c2ccccc2)c2ccc(Cl)c(Cl)c2)CC1.Cl. The molecule has 5 nitrogen and oxygen atoms in total. The summed E-state index contributed by atoms with van der Waals surface area (Å²) < 4.78 is 0. The molecule has 1 aliphatic heterocycles. The number of hydrogen-bond acceptors (Lipinski definition) is 3. The van der Waals surface area contributed by atoms with Crippen LogP contribution in [0.15, 0.2) is 91.5 Å². The zero-order valence-corrected chi connectivity index (χ0v) is 26.0. The van der Waals surface area contributed by atoms with Crippen LogP contribution in [-0.4, -0.2) is 66.8 Å². The second-order valence-electron chi connectivity index (χ2n) is 10.6. The summed E-state index contributed by atoms with van der Waals surface area (Å²) in [5.74, 6) is 0.00700. The number of carbonyl (C=O) groups is 2. The number of likely N-dealkylation sites (tertiary alicyclic amines) is 1. The topological polar surface area (TPSA) is 43.9 Å². The molecule has 1 unspecified atom stereocenters. The van der Waals surface area contributed by atoms with Crippen LogP contribution in [0, 0.1) is 0 Å². The van der Waals surface area contributed by atoms with Gasteiger partial charge in [-0.05, 0) is 67.3 Å². The van der Waals surface area contributed by atoms with Crippen LogP contribution in [-0.2, 0) is 10.3 Å². The molecule has 1 aliphatic rings. The minimum atomic E-state index is -0.367. The fourth-order valence-corrected chi connectivity index (χ4v) is 6.05. The lowest BCUT2D eigenvalue weighted by Gasteiger charge is -2.48. The van der Waals surface area contributed by atoms with Gasteiger partial charge < -0.3 is 14.7 Å². The Balaban J connectivity index is 0.00000462. The van der Waals surface area contributed by atoms with Crippen LogP contribution in [0.3, 0.4) is 0 Å². The van der Waals surface area contributed by atoms with Gasteiger partial charge in [-0.1, -0.05) is 84.4 Å². The van der Waals surface area contributed by atoms with Crippen LogP contribution >= 0.6 is 35.6 Å². The highest BCUT2D eigenvalue weighted by Crippen LogP contribution is 2.39. The van der Waals surface area contributed by atoms with Crippen molar-refractivity contribution in [2.24, 2.45) is 0 Å². The second kappa shape index (κ2) is 14.9. The van der Waals surface area contributed by atoms with Crippen molar-refractivity contribution >= 4 is 47.4 Å². The van der Waals surface area contributed by atoms with Gasteiger partial charge in [0.25, 0.3) is 5.91 Å². The summed E-state index contributed by atoms with van der Waals surface area (Å²) in [6.45, 7) is 6.85. The molecule has 1 fully saturated rings. The van der Waals surface area contributed by atoms with E-state index in [1.807, 2.05) is 85.7 Å². The lowest BCUT2D eigenvalue weighted by Crippen LogP contribution is -2.53. The Morgan fingerprint density at radius 3 is 2.15 bits per heavy atom. The third kappa shape index (κ3) is 7.72. The van der Waals surface area contributed by atoms with Crippen molar-refractivity contribution in [2.45, 2.75) is 30.7 Å². The van der Waals surface area contributed by atoms with Crippen LogP contribution < -0.4 is 0 Å². The Labute approximate surface area is 260 Å². The predicted octanol–water partition coefficient (Wildman–Crippen LogP) is 7.30. The van der Waals surface area contributed by atoms with E-state index in [0.717, 1.165) is 50.0 Å². The monoisotopic (exact) mass is 613 g/mol.